The third-order valence-electron chi connectivity index (χ3n) is 5.58. The van der Waals surface area contributed by atoms with E-state index in [0.29, 0.717) is 23.6 Å². The van der Waals surface area contributed by atoms with Crippen LogP contribution in [0.1, 0.15) is 51.9 Å². The Morgan fingerprint density at radius 2 is 1.76 bits per heavy atom. The molecule has 0 aliphatic carbocycles. The van der Waals surface area contributed by atoms with Crippen LogP contribution in [-0.2, 0) is 16.1 Å². The highest BCUT2D eigenvalue weighted by Crippen LogP contribution is 2.40. The van der Waals surface area contributed by atoms with Crippen molar-refractivity contribution in [3.8, 4) is 28.1 Å². The number of amides is 2. The Balaban J connectivity index is 0.00000161. The smallest absolute Gasteiger partial charge is 0.407 e. The minimum absolute atomic E-state index is 0.0505. The highest BCUT2D eigenvalue weighted by Gasteiger charge is 2.18. The van der Waals surface area contributed by atoms with E-state index in [1.165, 1.54) is 13.5 Å². The molecule has 5 N–H and O–H groups in total. The second-order valence-electron chi connectivity index (χ2n) is 8.89. The summed E-state index contributed by atoms with van der Waals surface area (Å²) in [6, 6.07) is 11.4. The molecule has 3 aromatic rings. The van der Waals surface area contributed by atoms with E-state index in [2.05, 4.69) is 40.4 Å². The van der Waals surface area contributed by atoms with E-state index < -0.39 is 6.09 Å². The lowest BCUT2D eigenvalue weighted by Gasteiger charge is -2.21. The van der Waals surface area contributed by atoms with Gasteiger partial charge in [-0.05, 0) is 30.5 Å². The molecule has 0 radical (unpaired) electrons. The Bertz CT molecular complexity index is 1230. The van der Waals surface area contributed by atoms with Gasteiger partial charge in [0.15, 0.2) is 0 Å². The summed E-state index contributed by atoms with van der Waals surface area (Å²) in [6.07, 6.45) is 2.91. The number of allylic oxidation sites excluding steroid dienone is 1. The van der Waals surface area contributed by atoms with Crippen molar-refractivity contribution < 1.29 is 19.4 Å². The van der Waals surface area contributed by atoms with Gasteiger partial charge in [-0.15, -0.1) is 0 Å². The average Bonchev–Trinajstić information content (AvgIpc) is 3.37. The predicted octanol–water partition coefficient (Wildman–Crippen LogP) is 5.58. The molecule has 0 spiro atoms. The number of carbonyl (C=O) groups excluding carboxylic acids is 2. The zero-order chi connectivity index (χ0) is 28.2. The Kier molecular flexibility index (Phi) is 11.4. The number of ether oxygens (including phenoxy) is 1. The number of alkyl carbamates (subject to hydrolysis) is 1. The van der Waals surface area contributed by atoms with E-state index in [9.17, 15) is 14.7 Å². The number of phenolic OH excluding ortho intramolecular Hbond substituents is 1. The Morgan fingerprint density at radius 1 is 1.13 bits per heavy atom. The highest BCUT2D eigenvalue weighted by atomic mass is 16.5. The number of anilines is 1. The molecule has 0 atom stereocenters. The highest BCUT2D eigenvalue weighted by molar-refractivity contribution is 5.87. The lowest BCUT2D eigenvalue weighted by molar-refractivity contribution is -0.130. The third-order valence-corrected chi connectivity index (χ3v) is 5.58. The van der Waals surface area contributed by atoms with Crippen molar-refractivity contribution in [2.24, 2.45) is 0 Å². The number of aromatic nitrogens is 2. The molecule has 0 aliphatic heterocycles. The first-order valence-electron chi connectivity index (χ1n) is 12.7. The third kappa shape index (κ3) is 7.86. The molecule has 9 heteroatoms. The maximum atomic E-state index is 12.5. The van der Waals surface area contributed by atoms with Crippen LogP contribution in [0.25, 0.3) is 28.0 Å². The average molecular weight is 522 g/mol. The topological polar surface area (TPSA) is 134 Å². The number of aromatic amines is 1. The van der Waals surface area contributed by atoms with Crippen molar-refractivity contribution in [2.45, 2.75) is 47.1 Å². The normalized spacial score (nSPS) is 10.2. The van der Waals surface area contributed by atoms with Crippen molar-refractivity contribution in [2.75, 3.05) is 25.9 Å². The number of rotatable bonds is 9. The summed E-state index contributed by atoms with van der Waals surface area (Å²) in [5.41, 5.74) is 11.2. The first kappa shape index (κ1) is 30.0. The maximum absolute atomic E-state index is 12.5. The Hall–Kier alpha value is -4.27. The predicted molar refractivity (Wildman–Crippen MR) is 152 cm³/mol. The van der Waals surface area contributed by atoms with Crippen LogP contribution in [0, 0.1) is 0 Å². The number of carbonyl (C=O) groups is 2. The fourth-order valence-corrected chi connectivity index (χ4v) is 3.67. The number of phenols is 1. The molecule has 3 rings (SSSR count). The Labute approximate surface area is 224 Å². The molecule has 204 valence electrons. The number of nitrogens with one attached hydrogen (secondary N) is 2. The van der Waals surface area contributed by atoms with Crippen LogP contribution in [0.2, 0.25) is 0 Å². The summed E-state index contributed by atoms with van der Waals surface area (Å²) in [5.74, 6) is 0.229. The van der Waals surface area contributed by atoms with Crippen molar-refractivity contribution in [1.82, 2.24) is 20.2 Å². The molecule has 2 aromatic carbocycles. The van der Waals surface area contributed by atoms with E-state index in [1.807, 2.05) is 44.2 Å². The summed E-state index contributed by atoms with van der Waals surface area (Å²) in [4.78, 5) is 32.9. The molecular weight excluding hydrogens is 482 g/mol. The molecule has 0 fully saturated rings. The van der Waals surface area contributed by atoms with Gasteiger partial charge in [-0.1, -0.05) is 69.7 Å². The molecule has 1 heterocycles. The summed E-state index contributed by atoms with van der Waals surface area (Å²) in [5, 5.41) is 13.2. The number of nitrogens with two attached hydrogens (primary N) is 1. The number of aromatic hydroxyl groups is 1. The molecule has 0 saturated heterocycles. The summed E-state index contributed by atoms with van der Waals surface area (Å²) in [6.45, 7) is 12.6. The van der Waals surface area contributed by atoms with Crippen LogP contribution in [0.15, 0.2) is 49.2 Å². The second kappa shape index (κ2) is 14.5. The summed E-state index contributed by atoms with van der Waals surface area (Å²) < 4.78 is 4.51. The van der Waals surface area contributed by atoms with Crippen molar-refractivity contribution in [3.05, 3.63) is 60.6 Å². The minimum atomic E-state index is -0.668. The molecule has 0 bridgehead atoms. The minimum Gasteiger partial charge on any atom is -0.505 e. The van der Waals surface area contributed by atoms with Gasteiger partial charge in [0, 0.05) is 17.7 Å². The quantitative estimate of drug-likeness (QED) is 0.215. The zero-order valence-electron chi connectivity index (χ0n) is 22.9. The SMILES string of the molecule is C=C(C)c1ccc(-c2ccc(-c3cnc(CN(CCC)C(=O)CNC(=O)OC)[nH]3)c(O)c2N)cc1.CCC. The van der Waals surface area contributed by atoms with Crippen LogP contribution < -0.4 is 11.1 Å². The van der Waals surface area contributed by atoms with Gasteiger partial charge < -0.3 is 30.8 Å². The van der Waals surface area contributed by atoms with Crippen molar-refractivity contribution in [1.29, 1.82) is 0 Å². The molecule has 0 unspecified atom stereocenters. The number of imidazole rings is 1. The van der Waals surface area contributed by atoms with Gasteiger partial charge >= 0.3 is 6.09 Å². The van der Waals surface area contributed by atoms with Gasteiger partial charge in [-0.25, -0.2) is 9.78 Å². The number of hydrogen-bond acceptors (Lipinski definition) is 6. The van der Waals surface area contributed by atoms with Crippen molar-refractivity contribution >= 4 is 23.3 Å². The van der Waals surface area contributed by atoms with Gasteiger partial charge in [0.1, 0.15) is 18.1 Å². The van der Waals surface area contributed by atoms with Crippen LogP contribution in [0.3, 0.4) is 0 Å². The van der Waals surface area contributed by atoms with Crippen molar-refractivity contribution in [3.63, 3.8) is 0 Å². The van der Waals surface area contributed by atoms with Gasteiger partial charge in [0.25, 0.3) is 0 Å². The second-order valence-corrected chi connectivity index (χ2v) is 8.89. The fourth-order valence-electron chi connectivity index (χ4n) is 3.67. The van der Waals surface area contributed by atoms with Gasteiger partial charge in [0.05, 0.1) is 31.2 Å². The van der Waals surface area contributed by atoms with Gasteiger partial charge in [-0.2, -0.15) is 0 Å². The molecule has 38 heavy (non-hydrogen) atoms. The number of nitrogens with zero attached hydrogens (tertiary/aromatic N) is 2. The largest absolute Gasteiger partial charge is 0.505 e. The van der Waals surface area contributed by atoms with Gasteiger partial charge in [0.2, 0.25) is 5.91 Å². The van der Waals surface area contributed by atoms with E-state index >= 15 is 0 Å². The fraction of sp³-hybridized carbons (Fsp3) is 0.345. The number of hydrogen-bond donors (Lipinski definition) is 4. The Morgan fingerprint density at radius 3 is 2.34 bits per heavy atom. The molecule has 1 aromatic heterocycles. The monoisotopic (exact) mass is 521 g/mol. The van der Waals surface area contributed by atoms with E-state index in [1.54, 1.807) is 17.2 Å². The molecular formula is C29H39N5O4. The standard InChI is InChI=1S/C26H31N5O4.C3H8/c1-5-12-31(23(32)14-29-26(34)35-4)15-22-28-13-21(30-22)20-11-10-19(24(27)25(20)33)18-8-6-17(7-9-18)16(2)3;1-3-2/h6-11,13,33H,2,5,12,14-15,27H2,1,3-4H3,(H,28,30)(H,29,34);3H2,1-2H3. The first-order chi connectivity index (χ1) is 18.2. The maximum Gasteiger partial charge on any atom is 0.407 e. The molecule has 0 aliphatic rings. The molecule has 2 amide bonds. The van der Waals surface area contributed by atoms with E-state index in [0.717, 1.165) is 28.7 Å². The number of nitrogen functional groups attached to an aromatic ring is 1. The number of methoxy groups -OCH3 is 1. The molecule has 9 nitrogen and oxygen atoms in total. The summed E-state index contributed by atoms with van der Waals surface area (Å²) >= 11 is 0. The lowest BCUT2D eigenvalue weighted by Crippen LogP contribution is -2.40. The summed E-state index contributed by atoms with van der Waals surface area (Å²) in [7, 11) is 1.24. The van der Waals surface area contributed by atoms with Crippen LogP contribution >= 0.6 is 0 Å². The van der Waals surface area contributed by atoms with Gasteiger partial charge in [-0.3, -0.25) is 4.79 Å². The lowest BCUT2D eigenvalue weighted by atomic mass is 9.97. The molecule has 0 saturated carbocycles. The van der Waals surface area contributed by atoms with E-state index in [-0.39, 0.29) is 30.4 Å². The van der Waals surface area contributed by atoms with Crippen LogP contribution in [0.4, 0.5) is 10.5 Å². The first-order valence-corrected chi connectivity index (χ1v) is 12.7. The number of H-pyrrole nitrogens is 1. The number of benzene rings is 2. The van der Waals surface area contributed by atoms with Crippen LogP contribution in [0.5, 0.6) is 5.75 Å². The zero-order valence-corrected chi connectivity index (χ0v) is 22.9. The van der Waals surface area contributed by atoms with Crippen LogP contribution in [-0.4, -0.2) is 52.2 Å². The van der Waals surface area contributed by atoms with E-state index in [4.69, 9.17) is 5.73 Å².